The molecule has 1 saturated heterocycles. The lowest BCUT2D eigenvalue weighted by Gasteiger charge is -2.36. The maximum Gasteiger partial charge on any atom is 0.299 e. The summed E-state index contributed by atoms with van der Waals surface area (Å²) < 4.78 is 0. The molecule has 10 heteroatoms. The van der Waals surface area contributed by atoms with Gasteiger partial charge in [-0.15, -0.1) is 0 Å². The Morgan fingerprint density at radius 2 is 1.63 bits per heavy atom. The number of carbonyl (C=O) groups is 1. The molecule has 10 nitrogen and oxygen atoms in total. The van der Waals surface area contributed by atoms with Crippen LogP contribution in [0.5, 0.6) is 0 Å². The molecule has 0 aliphatic carbocycles. The molecule has 156 valence electrons. The molecule has 2 aliphatic heterocycles. The molecule has 0 spiro atoms. The van der Waals surface area contributed by atoms with Gasteiger partial charge < -0.3 is 9.80 Å². The number of carbonyl (C=O) groups excluding carboxylic acids is 1. The van der Waals surface area contributed by atoms with Gasteiger partial charge in [0.25, 0.3) is 11.4 Å². The molecule has 0 unspecified atom stereocenters. The van der Waals surface area contributed by atoms with Gasteiger partial charge in [0.2, 0.25) is 5.91 Å². The minimum atomic E-state index is -0.642. The quantitative estimate of drug-likeness (QED) is 0.547. The maximum atomic E-state index is 12.8. The molecule has 0 N–H and O–H groups in total. The van der Waals surface area contributed by atoms with Gasteiger partial charge in [0.15, 0.2) is 0 Å². The summed E-state index contributed by atoms with van der Waals surface area (Å²) in [5.74, 6) is 0.0507. The molecule has 1 amide bonds. The number of piperazine rings is 1. The summed E-state index contributed by atoms with van der Waals surface area (Å²) in [5.41, 5.74) is 1.94. The molecule has 0 saturated carbocycles. The Bertz CT molecular complexity index is 1000. The standard InChI is InChI=1S/C20H21N5O5/c26-20(23-8-7-15-3-1-2-4-17(15)23)14-21-9-11-22(12-10-21)18-6-5-16(24(27)28)13-19(18)25(29)30/h1-6,13H,7-12,14H2. The zero-order chi connectivity index (χ0) is 21.3. The Morgan fingerprint density at radius 3 is 2.33 bits per heavy atom. The molecule has 2 aliphatic rings. The van der Waals surface area contributed by atoms with Gasteiger partial charge >= 0.3 is 0 Å². The van der Waals surface area contributed by atoms with E-state index in [0.717, 1.165) is 18.2 Å². The lowest BCUT2D eigenvalue weighted by Crippen LogP contribution is -2.50. The topological polar surface area (TPSA) is 113 Å². The number of non-ortho nitro benzene ring substituents is 1. The van der Waals surface area contributed by atoms with Crippen LogP contribution in [-0.4, -0.2) is 59.9 Å². The van der Waals surface area contributed by atoms with Crippen LogP contribution in [0.2, 0.25) is 0 Å². The SMILES string of the molecule is O=C(CN1CCN(c2ccc([N+](=O)[O-])cc2[N+](=O)[O-])CC1)N1CCc2ccccc21. The summed E-state index contributed by atoms with van der Waals surface area (Å²) in [7, 11) is 0. The molecule has 0 bridgehead atoms. The number of fused-ring (bicyclic) bond motifs is 1. The Morgan fingerprint density at radius 1 is 0.900 bits per heavy atom. The van der Waals surface area contributed by atoms with Crippen molar-refractivity contribution in [2.24, 2.45) is 0 Å². The molecule has 0 aromatic heterocycles. The minimum absolute atomic E-state index is 0.0507. The fraction of sp³-hybridized carbons (Fsp3) is 0.350. The number of benzene rings is 2. The van der Waals surface area contributed by atoms with Crippen LogP contribution in [0.4, 0.5) is 22.7 Å². The monoisotopic (exact) mass is 411 g/mol. The first-order chi connectivity index (χ1) is 14.4. The summed E-state index contributed by atoms with van der Waals surface area (Å²) in [6, 6.07) is 11.6. The van der Waals surface area contributed by atoms with Crippen molar-refractivity contribution in [3.63, 3.8) is 0 Å². The lowest BCUT2D eigenvalue weighted by molar-refractivity contribution is -0.393. The first-order valence-corrected chi connectivity index (χ1v) is 9.72. The third-order valence-corrected chi connectivity index (χ3v) is 5.63. The number of nitro benzene ring substituents is 2. The predicted octanol–water partition coefficient (Wildman–Crippen LogP) is 2.21. The van der Waals surface area contributed by atoms with Crippen LogP contribution >= 0.6 is 0 Å². The zero-order valence-corrected chi connectivity index (χ0v) is 16.3. The van der Waals surface area contributed by atoms with Gasteiger partial charge in [-0.1, -0.05) is 18.2 Å². The fourth-order valence-corrected chi connectivity index (χ4v) is 4.06. The highest BCUT2D eigenvalue weighted by Gasteiger charge is 2.29. The summed E-state index contributed by atoms with van der Waals surface area (Å²) in [4.78, 5) is 39.6. The van der Waals surface area contributed by atoms with E-state index in [1.165, 1.54) is 17.7 Å². The van der Waals surface area contributed by atoms with Gasteiger partial charge in [0.05, 0.1) is 22.5 Å². The van der Waals surface area contributed by atoms with Gasteiger partial charge in [0, 0.05) is 44.5 Å². The minimum Gasteiger partial charge on any atom is -0.363 e. The largest absolute Gasteiger partial charge is 0.363 e. The number of nitro groups is 2. The van der Waals surface area contributed by atoms with Gasteiger partial charge in [-0.3, -0.25) is 29.9 Å². The van der Waals surface area contributed by atoms with Gasteiger partial charge in [-0.05, 0) is 24.1 Å². The van der Waals surface area contributed by atoms with Gasteiger partial charge in [0.1, 0.15) is 5.69 Å². The second-order valence-corrected chi connectivity index (χ2v) is 7.37. The van der Waals surface area contributed by atoms with Crippen LogP contribution in [0.3, 0.4) is 0 Å². The van der Waals surface area contributed by atoms with E-state index in [0.29, 0.717) is 45.0 Å². The number of rotatable bonds is 5. The molecule has 30 heavy (non-hydrogen) atoms. The van der Waals surface area contributed by atoms with Crippen molar-refractivity contribution in [2.75, 3.05) is 49.1 Å². The van der Waals surface area contributed by atoms with Crippen LogP contribution in [0, 0.1) is 20.2 Å². The van der Waals surface area contributed by atoms with Crippen LogP contribution in [0.25, 0.3) is 0 Å². The van der Waals surface area contributed by atoms with Crippen molar-refractivity contribution in [3.8, 4) is 0 Å². The third-order valence-electron chi connectivity index (χ3n) is 5.63. The van der Waals surface area contributed by atoms with E-state index in [1.807, 2.05) is 39.0 Å². The highest BCUT2D eigenvalue weighted by Crippen LogP contribution is 2.33. The first kappa shape index (κ1) is 19.8. The maximum absolute atomic E-state index is 12.8. The highest BCUT2D eigenvalue weighted by molar-refractivity contribution is 5.96. The van der Waals surface area contributed by atoms with Crippen molar-refractivity contribution >= 4 is 28.7 Å². The lowest BCUT2D eigenvalue weighted by atomic mass is 10.2. The molecule has 2 aromatic carbocycles. The molecule has 0 radical (unpaired) electrons. The Hall–Kier alpha value is -3.53. The normalized spacial score (nSPS) is 16.4. The van der Waals surface area contributed by atoms with Crippen molar-refractivity contribution < 1.29 is 14.6 Å². The second kappa shape index (κ2) is 8.07. The number of hydrogen-bond donors (Lipinski definition) is 0. The summed E-state index contributed by atoms with van der Waals surface area (Å²) in [5, 5.41) is 22.3. The third kappa shape index (κ3) is 3.81. The number of anilines is 2. The Labute approximate surface area is 172 Å². The van der Waals surface area contributed by atoms with E-state index in [2.05, 4.69) is 0 Å². The fourth-order valence-electron chi connectivity index (χ4n) is 4.06. The number of hydrogen-bond acceptors (Lipinski definition) is 7. The molecule has 0 atom stereocenters. The van der Waals surface area contributed by atoms with Crippen molar-refractivity contribution in [2.45, 2.75) is 6.42 Å². The van der Waals surface area contributed by atoms with Crippen LogP contribution in [0.1, 0.15) is 5.56 Å². The van der Waals surface area contributed by atoms with E-state index < -0.39 is 9.85 Å². The number of nitrogens with zero attached hydrogens (tertiary/aromatic N) is 5. The molecule has 2 heterocycles. The zero-order valence-electron chi connectivity index (χ0n) is 16.3. The van der Waals surface area contributed by atoms with E-state index >= 15 is 0 Å². The van der Waals surface area contributed by atoms with Crippen LogP contribution in [0.15, 0.2) is 42.5 Å². The van der Waals surface area contributed by atoms with Gasteiger partial charge in [-0.25, -0.2) is 0 Å². The molecule has 4 rings (SSSR count). The molecular formula is C20H21N5O5. The smallest absolute Gasteiger partial charge is 0.299 e. The Balaban J connectivity index is 1.39. The number of para-hydroxylation sites is 1. The van der Waals surface area contributed by atoms with E-state index in [1.54, 1.807) is 0 Å². The van der Waals surface area contributed by atoms with Crippen molar-refractivity contribution in [3.05, 3.63) is 68.3 Å². The van der Waals surface area contributed by atoms with Crippen molar-refractivity contribution in [1.82, 2.24) is 4.90 Å². The van der Waals surface area contributed by atoms with E-state index in [-0.39, 0.29) is 17.3 Å². The van der Waals surface area contributed by atoms with E-state index in [9.17, 15) is 25.0 Å². The van der Waals surface area contributed by atoms with Crippen LogP contribution in [-0.2, 0) is 11.2 Å². The second-order valence-electron chi connectivity index (χ2n) is 7.37. The summed E-state index contributed by atoms with van der Waals surface area (Å²) >= 11 is 0. The van der Waals surface area contributed by atoms with Gasteiger partial charge in [-0.2, -0.15) is 0 Å². The van der Waals surface area contributed by atoms with Crippen molar-refractivity contribution in [1.29, 1.82) is 0 Å². The average molecular weight is 411 g/mol. The molecule has 2 aromatic rings. The summed E-state index contributed by atoms with van der Waals surface area (Å²) in [6.07, 6.45) is 0.861. The number of amides is 1. The highest BCUT2D eigenvalue weighted by atomic mass is 16.6. The average Bonchev–Trinajstić information content (AvgIpc) is 3.18. The Kier molecular flexibility index (Phi) is 5.32. The first-order valence-electron chi connectivity index (χ1n) is 9.72. The summed E-state index contributed by atoms with van der Waals surface area (Å²) in [6.45, 7) is 3.15. The van der Waals surface area contributed by atoms with Crippen LogP contribution < -0.4 is 9.80 Å². The predicted molar refractivity (Wildman–Crippen MR) is 111 cm³/mol. The van der Waals surface area contributed by atoms with E-state index in [4.69, 9.17) is 0 Å². The molecular weight excluding hydrogens is 390 g/mol. The molecule has 1 fully saturated rings.